The summed E-state index contributed by atoms with van der Waals surface area (Å²) in [5, 5.41) is 3.11. The highest BCUT2D eigenvalue weighted by Crippen LogP contribution is 2.05. The second kappa shape index (κ2) is 6.31. The molecule has 0 saturated heterocycles. The van der Waals surface area contributed by atoms with Crippen molar-refractivity contribution in [2.45, 2.75) is 0 Å². The number of aromatic nitrogens is 1. The van der Waals surface area contributed by atoms with Crippen LogP contribution in [0, 0.1) is 0 Å². The van der Waals surface area contributed by atoms with Gasteiger partial charge in [0.2, 0.25) is 0 Å². The van der Waals surface area contributed by atoms with Gasteiger partial charge in [0.25, 0.3) is 5.91 Å². The van der Waals surface area contributed by atoms with E-state index in [4.69, 9.17) is 17.3 Å². The lowest BCUT2D eigenvalue weighted by molar-refractivity contribution is 0.0950. The summed E-state index contributed by atoms with van der Waals surface area (Å²) in [4.78, 5) is 15.1. The number of hydrogen-bond donors (Lipinski definition) is 2. The zero-order valence-electron chi connectivity index (χ0n) is 7.46. The third-order valence-electron chi connectivity index (χ3n) is 1.39. The first-order valence-corrected chi connectivity index (χ1v) is 4.21. The van der Waals surface area contributed by atoms with E-state index in [0.717, 1.165) is 0 Å². The van der Waals surface area contributed by atoms with Gasteiger partial charge in [-0.3, -0.25) is 4.79 Å². The first-order valence-electron chi connectivity index (χ1n) is 3.84. The lowest BCUT2D eigenvalue weighted by Crippen LogP contribution is -2.29. The molecule has 0 spiro atoms. The Hall–Kier alpha value is -1.17. The van der Waals surface area contributed by atoms with E-state index in [9.17, 15) is 4.79 Å². The standard InChI is InChI=1S/C8H10ClN3O.H2O/c9-6-1-2-7(12-5-6)8(13)11-4-3-10;/h1-2,5H,3-4,10H2,(H,11,13);1H2. The number of amides is 1. The molecule has 0 radical (unpaired) electrons. The molecule has 14 heavy (non-hydrogen) atoms. The van der Waals surface area contributed by atoms with Gasteiger partial charge in [0.1, 0.15) is 5.69 Å². The Labute approximate surface area is 86.6 Å². The Morgan fingerprint density at radius 1 is 1.57 bits per heavy atom. The quantitative estimate of drug-likeness (QED) is 0.721. The van der Waals surface area contributed by atoms with Crippen LogP contribution in [0.15, 0.2) is 18.3 Å². The monoisotopic (exact) mass is 217 g/mol. The van der Waals surface area contributed by atoms with Crippen molar-refractivity contribution in [3.05, 3.63) is 29.0 Å². The van der Waals surface area contributed by atoms with Crippen molar-refractivity contribution < 1.29 is 10.3 Å². The molecule has 0 unspecified atom stereocenters. The second-order valence-electron chi connectivity index (χ2n) is 2.41. The van der Waals surface area contributed by atoms with E-state index in [-0.39, 0.29) is 11.4 Å². The van der Waals surface area contributed by atoms with Crippen molar-refractivity contribution >= 4 is 17.5 Å². The minimum absolute atomic E-state index is 0. The first kappa shape index (κ1) is 12.8. The van der Waals surface area contributed by atoms with Crippen molar-refractivity contribution in [3.63, 3.8) is 0 Å². The van der Waals surface area contributed by atoms with Crippen LogP contribution in [0.25, 0.3) is 0 Å². The Morgan fingerprint density at radius 3 is 2.79 bits per heavy atom. The second-order valence-corrected chi connectivity index (χ2v) is 2.84. The maximum atomic E-state index is 11.2. The van der Waals surface area contributed by atoms with Gasteiger partial charge in [0.05, 0.1) is 5.02 Å². The van der Waals surface area contributed by atoms with Crippen LogP contribution in [-0.2, 0) is 0 Å². The normalized spacial score (nSPS) is 9.00. The van der Waals surface area contributed by atoms with Crippen LogP contribution >= 0.6 is 11.6 Å². The van der Waals surface area contributed by atoms with Gasteiger partial charge in [-0.15, -0.1) is 0 Å². The Balaban J connectivity index is 0.00000169. The summed E-state index contributed by atoms with van der Waals surface area (Å²) < 4.78 is 0. The van der Waals surface area contributed by atoms with E-state index in [1.165, 1.54) is 6.20 Å². The van der Waals surface area contributed by atoms with Crippen LogP contribution in [0.2, 0.25) is 5.02 Å². The van der Waals surface area contributed by atoms with Crippen LogP contribution in [0.3, 0.4) is 0 Å². The maximum Gasteiger partial charge on any atom is 0.269 e. The van der Waals surface area contributed by atoms with Crippen molar-refractivity contribution in [2.24, 2.45) is 5.73 Å². The predicted molar refractivity (Wildman–Crippen MR) is 54.2 cm³/mol. The number of pyridine rings is 1. The third-order valence-corrected chi connectivity index (χ3v) is 1.61. The van der Waals surface area contributed by atoms with Gasteiger partial charge >= 0.3 is 0 Å². The molecular formula is C8H12ClN3O2. The molecule has 1 heterocycles. The summed E-state index contributed by atoms with van der Waals surface area (Å²) in [5.74, 6) is -0.234. The number of nitrogens with zero attached hydrogens (tertiary/aromatic N) is 1. The summed E-state index contributed by atoms with van der Waals surface area (Å²) in [7, 11) is 0. The molecule has 0 saturated carbocycles. The van der Waals surface area contributed by atoms with Gasteiger partial charge in [0.15, 0.2) is 0 Å². The van der Waals surface area contributed by atoms with Crippen molar-refractivity contribution in [2.75, 3.05) is 13.1 Å². The number of nitrogens with one attached hydrogen (secondary N) is 1. The third kappa shape index (κ3) is 3.69. The molecule has 5 N–H and O–H groups in total. The van der Waals surface area contributed by atoms with Crippen LogP contribution in [0.1, 0.15) is 10.5 Å². The van der Waals surface area contributed by atoms with E-state index in [1.807, 2.05) is 0 Å². The molecule has 0 aliphatic heterocycles. The van der Waals surface area contributed by atoms with Gasteiger partial charge in [-0.05, 0) is 12.1 Å². The number of carbonyl (C=O) groups excluding carboxylic acids is 1. The highest BCUT2D eigenvalue weighted by molar-refractivity contribution is 6.30. The number of hydrogen-bond acceptors (Lipinski definition) is 3. The number of rotatable bonds is 3. The molecule has 1 aromatic rings. The topological polar surface area (TPSA) is 99.5 Å². The Morgan fingerprint density at radius 2 is 2.29 bits per heavy atom. The van der Waals surface area contributed by atoms with E-state index < -0.39 is 0 Å². The summed E-state index contributed by atoms with van der Waals surface area (Å²) in [5.41, 5.74) is 5.57. The van der Waals surface area contributed by atoms with Gasteiger partial charge < -0.3 is 16.5 Å². The van der Waals surface area contributed by atoms with E-state index in [2.05, 4.69) is 10.3 Å². The zero-order chi connectivity index (χ0) is 9.68. The van der Waals surface area contributed by atoms with E-state index in [1.54, 1.807) is 12.1 Å². The molecule has 0 aliphatic carbocycles. The molecule has 0 aliphatic rings. The lowest BCUT2D eigenvalue weighted by atomic mass is 10.3. The lowest BCUT2D eigenvalue weighted by Gasteiger charge is -2.01. The predicted octanol–water partition coefficient (Wildman–Crippen LogP) is -0.401. The highest BCUT2D eigenvalue weighted by atomic mass is 35.5. The fraction of sp³-hybridized carbons (Fsp3) is 0.250. The number of nitrogens with two attached hydrogens (primary N) is 1. The molecule has 0 atom stereocenters. The van der Waals surface area contributed by atoms with Gasteiger partial charge in [0, 0.05) is 19.3 Å². The SMILES string of the molecule is NCCNC(=O)c1ccc(Cl)cn1.O. The molecule has 1 aromatic heterocycles. The summed E-state index contributed by atoms with van der Waals surface area (Å²) in [6.07, 6.45) is 1.43. The molecule has 5 nitrogen and oxygen atoms in total. The van der Waals surface area contributed by atoms with Crippen LogP contribution in [0.4, 0.5) is 0 Å². The number of carbonyl (C=O) groups is 1. The average molecular weight is 218 g/mol. The van der Waals surface area contributed by atoms with Crippen LogP contribution in [0.5, 0.6) is 0 Å². The average Bonchev–Trinajstić information content (AvgIpc) is 2.15. The van der Waals surface area contributed by atoms with Crippen molar-refractivity contribution in [1.29, 1.82) is 0 Å². The first-order chi connectivity index (χ1) is 6.24. The summed E-state index contributed by atoms with van der Waals surface area (Å²) >= 11 is 5.61. The van der Waals surface area contributed by atoms with Crippen molar-refractivity contribution in [3.8, 4) is 0 Å². The van der Waals surface area contributed by atoms with Crippen molar-refractivity contribution in [1.82, 2.24) is 10.3 Å². The largest absolute Gasteiger partial charge is 0.412 e. The minimum Gasteiger partial charge on any atom is -0.412 e. The molecule has 78 valence electrons. The smallest absolute Gasteiger partial charge is 0.269 e. The number of halogens is 1. The fourth-order valence-corrected chi connectivity index (χ4v) is 0.898. The minimum atomic E-state index is -0.234. The molecule has 0 bridgehead atoms. The Bertz CT molecular complexity index is 289. The fourth-order valence-electron chi connectivity index (χ4n) is 0.786. The van der Waals surface area contributed by atoms with E-state index in [0.29, 0.717) is 23.8 Å². The Kier molecular flexibility index (Phi) is 5.78. The zero-order valence-corrected chi connectivity index (χ0v) is 8.21. The van der Waals surface area contributed by atoms with E-state index >= 15 is 0 Å². The molecule has 0 aromatic carbocycles. The van der Waals surface area contributed by atoms with Gasteiger partial charge in [-0.25, -0.2) is 4.98 Å². The molecule has 0 fully saturated rings. The van der Waals surface area contributed by atoms with Crippen LogP contribution < -0.4 is 11.1 Å². The highest BCUT2D eigenvalue weighted by Gasteiger charge is 2.04. The molecule has 6 heteroatoms. The molecular weight excluding hydrogens is 206 g/mol. The molecule has 1 amide bonds. The maximum absolute atomic E-state index is 11.2. The molecule has 1 rings (SSSR count). The van der Waals surface area contributed by atoms with Gasteiger partial charge in [-0.1, -0.05) is 11.6 Å². The van der Waals surface area contributed by atoms with Crippen LogP contribution in [-0.4, -0.2) is 29.5 Å². The summed E-state index contributed by atoms with van der Waals surface area (Å²) in [6, 6.07) is 3.18. The summed E-state index contributed by atoms with van der Waals surface area (Å²) in [6.45, 7) is 0.864. The van der Waals surface area contributed by atoms with Gasteiger partial charge in [-0.2, -0.15) is 0 Å².